The van der Waals surface area contributed by atoms with E-state index in [4.69, 9.17) is 0 Å². The average molecular weight is 254 g/mol. The third-order valence-electron chi connectivity index (χ3n) is 3.96. The number of hydrogen-bond donors (Lipinski definition) is 1. The number of aldehydes is 1. The first-order valence-electron chi connectivity index (χ1n) is 6.68. The summed E-state index contributed by atoms with van der Waals surface area (Å²) in [4.78, 5) is 16.7. The number of carbonyl (C=O) groups is 1. The van der Waals surface area contributed by atoms with Gasteiger partial charge in [0, 0.05) is 25.2 Å². The molecule has 0 fully saturated rings. The van der Waals surface area contributed by atoms with Gasteiger partial charge < -0.3 is 9.88 Å². The number of nitrogens with one attached hydrogen (secondary N) is 1. The van der Waals surface area contributed by atoms with Crippen LogP contribution in [0.2, 0.25) is 0 Å². The minimum Gasteiger partial charge on any atom is -0.359 e. The number of likely N-dealkylation sites (N-methyl/N-ethyl adjacent to an activating group) is 1. The van der Waals surface area contributed by atoms with Gasteiger partial charge in [0.2, 0.25) is 0 Å². The van der Waals surface area contributed by atoms with E-state index in [2.05, 4.69) is 41.2 Å². The fourth-order valence-electron chi connectivity index (χ4n) is 2.97. The lowest BCUT2D eigenvalue weighted by Gasteiger charge is -2.21. The van der Waals surface area contributed by atoms with Crippen molar-refractivity contribution in [1.82, 2.24) is 9.88 Å². The maximum Gasteiger partial charge on any atom is 0.166 e. The molecule has 0 aliphatic carbocycles. The lowest BCUT2D eigenvalue weighted by atomic mass is 9.89. The molecule has 0 bridgehead atoms. The second kappa shape index (κ2) is 5.02. The number of benzene rings is 1. The standard InChI is InChI=1S/C16H18N2O/c1-18-8-7-13-9-17-15(11-19)16(13)14(10-18)12-5-3-2-4-6-12/h2-6,9,11,14,17H,7-8,10H2,1H3. The molecule has 2 heterocycles. The van der Waals surface area contributed by atoms with Gasteiger partial charge in [0.1, 0.15) is 0 Å². The highest BCUT2D eigenvalue weighted by atomic mass is 16.1. The summed E-state index contributed by atoms with van der Waals surface area (Å²) < 4.78 is 0. The Morgan fingerprint density at radius 1 is 1.32 bits per heavy atom. The van der Waals surface area contributed by atoms with E-state index in [-0.39, 0.29) is 5.92 Å². The Bertz CT molecular complexity index is 574. The predicted molar refractivity (Wildman–Crippen MR) is 75.7 cm³/mol. The molecule has 1 aliphatic rings. The number of hydrogen-bond acceptors (Lipinski definition) is 2. The summed E-state index contributed by atoms with van der Waals surface area (Å²) in [7, 11) is 2.14. The molecule has 1 aromatic carbocycles. The van der Waals surface area contributed by atoms with E-state index >= 15 is 0 Å². The van der Waals surface area contributed by atoms with Crippen molar-refractivity contribution in [2.45, 2.75) is 12.3 Å². The molecule has 3 rings (SSSR count). The summed E-state index contributed by atoms with van der Waals surface area (Å²) in [5.41, 5.74) is 4.48. The molecule has 1 aromatic heterocycles. The van der Waals surface area contributed by atoms with Crippen LogP contribution in [0.1, 0.15) is 33.1 Å². The lowest BCUT2D eigenvalue weighted by Crippen LogP contribution is -2.24. The zero-order chi connectivity index (χ0) is 13.2. The normalized spacial score (nSPS) is 19.7. The van der Waals surface area contributed by atoms with E-state index in [1.54, 1.807) is 0 Å². The van der Waals surface area contributed by atoms with Gasteiger partial charge >= 0.3 is 0 Å². The van der Waals surface area contributed by atoms with Gasteiger partial charge in [-0.25, -0.2) is 0 Å². The molecule has 2 aromatic rings. The first kappa shape index (κ1) is 12.2. The van der Waals surface area contributed by atoms with Crippen molar-refractivity contribution in [3.8, 4) is 0 Å². The third-order valence-corrected chi connectivity index (χ3v) is 3.96. The maximum absolute atomic E-state index is 11.3. The van der Waals surface area contributed by atoms with Gasteiger partial charge in [-0.2, -0.15) is 0 Å². The molecule has 3 heteroatoms. The van der Waals surface area contributed by atoms with Crippen molar-refractivity contribution in [3.05, 3.63) is 58.9 Å². The van der Waals surface area contributed by atoms with Crippen molar-refractivity contribution in [2.75, 3.05) is 20.1 Å². The van der Waals surface area contributed by atoms with Crippen LogP contribution in [0, 0.1) is 0 Å². The number of aromatic nitrogens is 1. The van der Waals surface area contributed by atoms with Crippen molar-refractivity contribution in [1.29, 1.82) is 0 Å². The van der Waals surface area contributed by atoms with Crippen LogP contribution < -0.4 is 0 Å². The molecular formula is C16H18N2O. The van der Waals surface area contributed by atoms with Gasteiger partial charge in [-0.3, -0.25) is 4.79 Å². The van der Waals surface area contributed by atoms with E-state index in [1.165, 1.54) is 16.7 Å². The highest BCUT2D eigenvalue weighted by Gasteiger charge is 2.26. The van der Waals surface area contributed by atoms with Crippen LogP contribution in [0.25, 0.3) is 0 Å². The molecule has 0 radical (unpaired) electrons. The molecule has 1 unspecified atom stereocenters. The fourth-order valence-corrected chi connectivity index (χ4v) is 2.97. The molecule has 3 nitrogen and oxygen atoms in total. The quantitative estimate of drug-likeness (QED) is 0.836. The second-order valence-corrected chi connectivity index (χ2v) is 5.23. The first-order chi connectivity index (χ1) is 9.29. The van der Waals surface area contributed by atoms with Crippen LogP contribution in [0.5, 0.6) is 0 Å². The number of nitrogens with zero attached hydrogens (tertiary/aromatic N) is 1. The molecule has 19 heavy (non-hydrogen) atoms. The van der Waals surface area contributed by atoms with E-state index in [0.29, 0.717) is 0 Å². The smallest absolute Gasteiger partial charge is 0.166 e. The molecule has 0 amide bonds. The van der Waals surface area contributed by atoms with Crippen LogP contribution >= 0.6 is 0 Å². The van der Waals surface area contributed by atoms with Gasteiger partial charge in [0.25, 0.3) is 0 Å². The van der Waals surface area contributed by atoms with Crippen LogP contribution in [0.15, 0.2) is 36.5 Å². The molecule has 98 valence electrons. The van der Waals surface area contributed by atoms with Crippen molar-refractivity contribution < 1.29 is 4.79 Å². The predicted octanol–water partition coefficient (Wildman–Crippen LogP) is 2.45. The summed E-state index contributed by atoms with van der Waals surface area (Å²) in [6.07, 6.45) is 3.94. The number of fused-ring (bicyclic) bond motifs is 1. The SMILES string of the molecule is CN1CCc2c[nH]c(C=O)c2C(c2ccccc2)C1. The molecule has 0 saturated carbocycles. The third kappa shape index (κ3) is 2.22. The highest BCUT2D eigenvalue weighted by Crippen LogP contribution is 2.32. The van der Waals surface area contributed by atoms with Gasteiger partial charge in [0.05, 0.1) is 5.69 Å². The van der Waals surface area contributed by atoms with Gasteiger partial charge in [0.15, 0.2) is 6.29 Å². The minimum atomic E-state index is 0.273. The summed E-state index contributed by atoms with van der Waals surface area (Å²) in [6.45, 7) is 1.99. The van der Waals surface area contributed by atoms with E-state index in [0.717, 1.165) is 31.5 Å². The van der Waals surface area contributed by atoms with Crippen LogP contribution in [0.3, 0.4) is 0 Å². The minimum absolute atomic E-state index is 0.273. The maximum atomic E-state index is 11.3. The second-order valence-electron chi connectivity index (χ2n) is 5.23. The van der Waals surface area contributed by atoms with Gasteiger partial charge in [-0.05, 0) is 30.2 Å². The lowest BCUT2D eigenvalue weighted by molar-refractivity contribution is 0.111. The Kier molecular flexibility index (Phi) is 3.22. The largest absolute Gasteiger partial charge is 0.359 e. The van der Waals surface area contributed by atoms with Gasteiger partial charge in [-0.15, -0.1) is 0 Å². The molecule has 0 saturated heterocycles. The van der Waals surface area contributed by atoms with Crippen LogP contribution in [-0.4, -0.2) is 36.3 Å². The van der Waals surface area contributed by atoms with Gasteiger partial charge in [-0.1, -0.05) is 30.3 Å². The zero-order valence-corrected chi connectivity index (χ0v) is 11.1. The number of carbonyl (C=O) groups excluding carboxylic acids is 1. The molecule has 1 aliphatic heterocycles. The zero-order valence-electron chi connectivity index (χ0n) is 11.1. The Labute approximate surface area is 113 Å². The highest BCUT2D eigenvalue weighted by molar-refractivity contribution is 5.76. The van der Waals surface area contributed by atoms with Crippen molar-refractivity contribution >= 4 is 6.29 Å². The van der Waals surface area contributed by atoms with E-state index < -0.39 is 0 Å². The summed E-state index contributed by atoms with van der Waals surface area (Å²) in [6, 6.07) is 10.5. The Balaban J connectivity index is 2.11. The number of rotatable bonds is 2. The number of H-pyrrole nitrogens is 1. The topological polar surface area (TPSA) is 36.1 Å². The molecule has 0 spiro atoms. The fraction of sp³-hybridized carbons (Fsp3) is 0.312. The first-order valence-corrected chi connectivity index (χ1v) is 6.68. The Hall–Kier alpha value is -1.87. The number of aromatic amines is 1. The molecule has 1 atom stereocenters. The van der Waals surface area contributed by atoms with E-state index in [9.17, 15) is 4.79 Å². The van der Waals surface area contributed by atoms with E-state index in [1.807, 2.05) is 12.3 Å². The van der Waals surface area contributed by atoms with Crippen LogP contribution in [0.4, 0.5) is 0 Å². The van der Waals surface area contributed by atoms with Crippen molar-refractivity contribution in [3.63, 3.8) is 0 Å². The summed E-state index contributed by atoms with van der Waals surface area (Å²) >= 11 is 0. The monoisotopic (exact) mass is 254 g/mol. The summed E-state index contributed by atoms with van der Waals surface area (Å²) in [5.74, 6) is 0.273. The summed E-state index contributed by atoms with van der Waals surface area (Å²) in [5, 5.41) is 0. The Morgan fingerprint density at radius 2 is 2.11 bits per heavy atom. The molecular weight excluding hydrogens is 236 g/mol. The van der Waals surface area contributed by atoms with Crippen LogP contribution in [-0.2, 0) is 6.42 Å². The average Bonchev–Trinajstić information content (AvgIpc) is 2.78. The molecule has 1 N–H and O–H groups in total. The van der Waals surface area contributed by atoms with Crippen molar-refractivity contribution in [2.24, 2.45) is 0 Å². The Morgan fingerprint density at radius 3 is 2.84 bits per heavy atom.